The molecule has 0 atom stereocenters. The molecule has 0 fully saturated rings. The Morgan fingerprint density at radius 2 is 1.52 bits per heavy atom. The summed E-state index contributed by atoms with van der Waals surface area (Å²) in [5, 5.41) is 0. The van der Waals surface area contributed by atoms with Crippen LogP contribution >= 0.6 is 0 Å². The Kier molecular flexibility index (Phi) is 4.32. The summed E-state index contributed by atoms with van der Waals surface area (Å²) < 4.78 is 30.8. The quantitative estimate of drug-likeness (QED) is 0.858. The lowest BCUT2D eigenvalue weighted by atomic mass is 9.87. The molecule has 2 rings (SSSR count). The molecule has 0 aliphatic rings. The molecule has 0 aliphatic heterocycles. The first-order valence-electron chi connectivity index (χ1n) is 7.49. The topological polar surface area (TPSA) is 61.2 Å². The molecule has 0 aliphatic carbocycles. The van der Waals surface area contributed by atoms with Crippen LogP contribution in [-0.2, 0) is 21.1 Å². The number of benzene rings is 1. The van der Waals surface area contributed by atoms with Crippen LogP contribution in [0.25, 0.3) is 0 Å². The van der Waals surface area contributed by atoms with Crippen molar-refractivity contribution in [3.05, 3.63) is 48.0 Å². The number of imidazole rings is 1. The van der Waals surface area contributed by atoms with Crippen LogP contribution in [0.15, 0.2) is 36.8 Å². The monoisotopic (exact) mass is 336 g/mol. The predicted octanol–water partition coefficient (Wildman–Crippen LogP) is 3.65. The molecule has 0 saturated carbocycles. The summed E-state index contributed by atoms with van der Waals surface area (Å²) in [6, 6.07) is 7.08. The molecule has 0 amide bonds. The second-order valence-corrected chi connectivity index (χ2v) is 9.10. The molecule has 6 heteroatoms. The first-order chi connectivity index (χ1) is 10.4. The first kappa shape index (κ1) is 17.5. The summed E-state index contributed by atoms with van der Waals surface area (Å²) in [4.78, 5) is 4.15. The maximum atomic E-state index is 12.3. The van der Waals surface area contributed by atoms with E-state index < -0.39 is 10.3 Å². The van der Waals surface area contributed by atoms with Gasteiger partial charge in [0.1, 0.15) is 12.1 Å². The van der Waals surface area contributed by atoms with Gasteiger partial charge < -0.3 is 4.18 Å². The Morgan fingerprint density at radius 3 is 1.96 bits per heavy atom. The van der Waals surface area contributed by atoms with Crippen molar-refractivity contribution in [1.82, 2.24) is 8.96 Å². The molecule has 2 aromatic rings. The van der Waals surface area contributed by atoms with Crippen LogP contribution in [-0.4, -0.2) is 17.4 Å². The highest BCUT2D eigenvalue weighted by Gasteiger charge is 2.22. The van der Waals surface area contributed by atoms with E-state index in [2.05, 4.69) is 25.8 Å². The Morgan fingerprint density at radius 1 is 0.957 bits per heavy atom. The van der Waals surface area contributed by atoms with Crippen LogP contribution in [0.4, 0.5) is 0 Å². The fourth-order valence-electron chi connectivity index (χ4n) is 1.99. The van der Waals surface area contributed by atoms with E-state index in [0.29, 0.717) is 5.69 Å². The highest BCUT2D eigenvalue weighted by atomic mass is 32.2. The van der Waals surface area contributed by atoms with Gasteiger partial charge in [0.05, 0.1) is 5.69 Å². The molecule has 0 unspecified atom stereocenters. The van der Waals surface area contributed by atoms with Gasteiger partial charge in [-0.05, 0) is 23.1 Å². The maximum Gasteiger partial charge on any atom is 0.414 e. The van der Waals surface area contributed by atoms with E-state index in [1.807, 2.05) is 32.9 Å². The zero-order valence-electron chi connectivity index (χ0n) is 14.5. The van der Waals surface area contributed by atoms with E-state index in [1.54, 1.807) is 12.1 Å². The number of rotatable bonds is 3. The van der Waals surface area contributed by atoms with Gasteiger partial charge in [-0.2, -0.15) is 8.42 Å². The van der Waals surface area contributed by atoms with E-state index in [0.717, 1.165) is 9.54 Å². The maximum absolute atomic E-state index is 12.3. The van der Waals surface area contributed by atoms with Crippen LogP contribution in [0.3, 0.4) is 0 Å². The van der Waals surface area contributed by atoms with Gasteiger partial charge >= 0.3 is 10.3 Å². The molecule has 0 saturated heterocycles. The van der Waals surface area contributed by atoms with E-state index >= 15 is 0 Å². The van der Waals surface area contributed by atoms with Gasteiger partial charge in [0.2, 0.25) is 0 Å². The largest absolute Gasteiger partial charge is 0.414 e. The van der Waals surface area contributed by atoms with Crippen molar-refractivity contribution in [2.75, 3.05) is 0 Å². The van der Waals surface area contributed by atoms with Crippen LogP contribution in [0.5, 0.6) is 5.75 Å². The van der Waals surface area contributed by atoms with E-state index in [4.69, 9.17) is 4.18 Å². The third-order valence-corrected chi connectivity index (χ3v) is 4.63. The average molecular weight is 336 g/mol. The molecule has 0 N–H and O–H groups in total. The van der Waals surface area contributed by atoms with Gasteiger partial charge in [0, 0.05) is 11.6 Å². The highest BCUT2D eigenvalue weighted by Crippen LogP contribution is 2.25. The number of hydrogen-bond donors (Lipinski definition) is 0. The van der Waals surface area contributed by atoms with E-state index in [-0.39, 0.29) is 16.6 Å². The van der Waals surface area contributed by atoms with Gasteiger partial charge in [0.15, 0.2) is 0 Å². The van der Waals surface area contributed by atoms with Crippen LogP contribution in [0.2, 0.25) is 0 Å². The summed E-state index contributed by atoms with van der Waals surface area (Å²) in [6.07, 6.45) is 2.75. The van der Waals surface area contributed by atoms with Crippen molar-refractivity contribution < 1.29 is 12.6 Å². The van der Waals surface area contributed by atoms with Gasteiger partial charge in [-0.15, -0.1) is 0 Å². The molecule has 0 bridgehead atoms. The average Bonchev–Trinajstić information content (AvgIpc) is 2.88. The molecular formula is C17H24N2O3S. The van der Waals surface area contributed by atoms with Crippen molar-refractivity contribution in [1.29, 1.82) is 0 Å². The Balaban J connectivity index is 2.23. The minimum Gasteiger partial charge on any atom is -0.366 e. The lowest BCUT2D eigenvalue weighted by molar-refractivity contribution is 0.475. The number of nitrogens with zero attached hydrogens (tertiary/aromatic N) is 2. The lowest BCUT2D eigenvalue weighted by Crippen LogP contribution is -2.18. The number of aromatic nitrogens is 2. The van der Waals surface area contributed by atoms with Gasteiger partial charge in [-0.25, -0.2) is 8.96 Å². The van der Waals surface area contributed by atoms with Gasteiger partial charge in [-0.1, -0.05) is 53.7 Å². The molecule has 0 spiro atoms. The molecule has 126 valence electrons. The minimum atomic E-state index is -3.95. The van der Waals surface area contributed by atoms with Crippen molar-refractivity contribution in [2.24, 2.45) is 0 Å². The zero-order valence-corrected chi connectivity index (χ0v) is 15.3. The SMILES string of the molecule is CC(C)(C)c1ccc(OS(=O)(=O)n2cnc(C(C)(C)C)c2)cc1. The second-order valence-electron chi connectivity index (χ2n) is 7.65. The van der Waals surface area contributed by atoms with Crippen molar-refractivity contribution >= 4 is 10.3 Å². The minimum absolute atomic E-state index is 0.00334. The van der Waals surface area contributed by atoms with E-state index in [9.17, 15) is 8.42 Å². The molecular weight excluding hydrogens is 312 g/mol. The van der Waals surface area contributed by atoms with Crippen LogP contribution < -0.4 is 4.18 Å². The summed E-state index contributed by atoms with van der Waals surface area (Å²) in [5.41, 5.74) is 1.58. The standard InChI is InChI=1S/C17H24N2O3S/c1-16(2,3)13-7-9-14(10-8-13)22-23(20,21)19-11-15(18-12-19)17(4,5)6/h7-12H,1-6H3. The molecule has 23 heavy (non-hydrogen) atoms. The Hall–Kier alpha value is -1.82. The molecule has 1 heterocycles. The smallest absolute Gasteiger partial charge is 0.366 e. The summed E-state index contributed by atoms with van der Waals surface area (Å²) >= 11 is 0. The molecule has 5 nitrogen and oxygen atoms in total. The van der Waals surface area contributed by atoms with E-state index in [1.165, 1.54) is 12.5 Å². The fraction of sp³-hybridized carbons (Fsp3) is 0.471. The van der Waals surface area contributed by atoms with Gasteiger partial charge in [0.25, 0.3) is 0 Å². The predicted molar refractivity (Wildman–Crippen MR) is 91.0 cm³/mol. The molecule has 1 aromatic carbocycles. The van der Waals surface area contributed by atoms with Gasteiger partial charge in [-0.3, -0.25) is 0 Å². The number of hydrogen-bond acceptors (Lipinski definition) is 4. The summed E-state index contributed by atoms with van der Waals surface area (Å²) in [6.45, 7) is 12.2. The first-order valence-corrected chi connectivity index (χ1v) is 8.86. The lowest BCUT2D eigenvalue weighted by Gasteiger charge is -2.19. The van der Waals surface area contributed by atoms with Crippen LogP contribution in [0, 0.1) is 0 Å². The second kappa shape index (κ2) is 5.67. The Labute approximate surface area is 138 Å². The molecule has 0 radical (unpaired) electrons. The van der Waals surface area contributed by atoms with Crippen molar-refractivity contribution in [2.45, 2.75) is 52.4 Å². The molecule has 1 aromatic heterocycles. The van der Waals surface area contributed by atoms with Crippen molar-refractivity contribution in [3.63, 3.8) is 0 Å². The normalized spacial score (nSPS) is 13.1. The summed E-state index contributed by atoms with van der Waals surface area (Å²) in [7, 11) is -3.95. The summed E-state index contributed by atoms with van der Waals surface area (Å²) in [5.74, 6) is 0.281. The third kappa shape index (κ3) is 4.13. The fourth-order valence-corrected chi connectivity index (χ4v) is 2.82. The van der Waals surface area contributed by atoms with Crippen LogP contribution in [0.1, 0.15) is 52.8 Å². The third-order valence-electron chi connectivity index (χ3n) is 3.51. The van der Waals surface area contributed by atoms with Crippen molar-refractivity contribution in [3.8, 4) is 5.75 Å². The zero-order chi connectivity index (χ0) is 17.5. The Bertz CT molecular complexity index is 776. The highest BCUT2D eigenvalue weighted by molar-refractivity contribution is 7.85.